The number of nitrogens with one attached hydrogen (secondary N) is 2. The molecule has 0 aromatic heterocycles. The number of carbonyl (C=O) groups is 1. The van der Waals surface area contributed by atoms with Crippen LogP contribution in [0.2, 0.25) is 0 Å². The second-order valence-corrected chi connectivity index (χ2v) is 6.94. The molecular weight excluding hydrogens is 309 g/mol. The lowest BCUT2D eigenvalue weighted by molar-refractivity contribution is -0.157. The van der Waals surface area contributed by atoms with Gasteiger partial charge >= 0.3 is 6.18 Å². The minimum atomic E-state index is -4.40. The summed E-state index contributed by atoms with van der Waals surface area (Å²) >= 11 is 0. The van der Waals surface area contributed by atoms with Crippen LogP contribution in [-0.4, -0.2) is 56.2 Å². The van der Waals surface area contributed by atoms with Crippen molar-refractivity contribution >= 4 is 11.9 Å². The molecule has 0 aliphatic carbocycles. The Hall–Kier alpha value is -1.47. The highest BCUT2D eigenvalue weighted by molar-refractivity contribution is 5.86. The number of halogens is 3. The van der Waals surface area contributed by atoms with Gasteiger partial charge in [0.2, 0.25) is 5.91 Å². The van der Waals surface area contributed by atoms with E-state index in [0.717, 1.165) is 19.9 Å². The van der Waals surface area contributed by atoms with Gasteiger partial charge in [0.25, 0.3) is 0 Å². The molecule has 136 valence electrons. The van der Waals surface area contributed by atoms with Crippen molar-refractivity contribution in [3.63, 3.8) is 0 Å². The third kappa shape index (κ3) is 11.7. The molecule has 1 atom stereocenters. The Labute approximate surface area is 136 Å². The molecule has 5 nitrogen and oxygen atoms in total. The van der Waals surface area contributed by atoms with Gasteiger partial charge < -0.3 is 15.5 Å². The normalized spacial score (nSPS) is 14.4. The highest BCUT2D eigenvalue weighted by Gasteiger charge is 2.31. The Morgan fingerprint density at radius 1 is 1.26 bits per heavy atom. The van der Waals surface area contributed by atoms with Crippen LogP contribution in [0, 0.1) is 5.41 Å². The first-order chi connectivity index (χ1) is 10.3. The van der Waals surface area contributed by atoms with Gasteiger partial charge in [-0.1, -0.05) is 20.8 Å². The summed E-state index contributed by atoms with van der Waals surface area (Å²) in [6.45, 7) is 6.96. The van der Waals surface area contributed by atoms with Crippen molar-refractivity contribution < 1.29 is 18.0 Å². The zero-order valence-electron chi connectivity index (χ0n) is 14.8. The molecule has 0 aromatic carbocycles. The number of carbonyl (C=O) groups excluding carboxylic acids is 1. The first-order valence-corrected chi connectivity index (χ1v) is 7.62. The third-order valence-corrected chi connectivity index (χ3v) is 3.18. The van der Waals surface area contributed by atoms with Crippen LogP contribution < -0.4 is 10.6 Å². The van der Waals surface area contributed by atoms with Crippen molar-refractivity contribution in [2.45, 2.75) is 52.8 Å². The molecule has 0 spiro atoms. The van der Waals surface area contributed by atoms with E-state index in [1.54, 1.807) is 7.05 Å². The molecule has 0 aliphatic rings. The fourth-order valence-corrected chi connectivity index (χ4v) is 1.80. The van der Waals surface area contributed by atoms with Gasteiger partial charge in [0.15, 0.2) is 5.96 Å². The number of rotatable bonds is 6. The van der Waals surface area contributed by atoms with E-state index in [2.05, 4.69) is 36.4 Å². The summed E-state index contributed by atoms with van der Waals surface area (Å²) in [5, 5.41) is 5.87. The zero-order valence-corrected chi connectivity index (χ0v) is 14.8. The predicted octanol–water partition coefficient (Wildman–Crippen LogP) is 2.39. The Morgan fingerprint density at radius 3 is 2.26 bits per heavy atom. The SMILES string of the molecule is CN=C(NCC(=O)N(C)CC(F)(F)F)NC(C)CCC(C)(C)C. The summed E-state index contributed by atoms with van der Waals surface area (Å²) in [5.74, 6) is -0.243. The molecule has 8 heteroatoms. The maximum absolute atomic E-state index is 12.2. The summed E-state index contributed by atoms with van der Waals surface area (Å²) in [5.41, 5.74) is 0.225. The first-order valence-electron chi connectivity index (χ1n) is 7.62. The van der Waals surface area contributed by atoms with Crippen molar-refractivity contribution in [1.29, 1.82) is 0 Å². The number of likely N-dealkylation sites (N-methyl/N-ethyl adjacent to an activating group) is 1. The average Bonchev–Trinajstić information content (AvgIpc) is 2.37. The molecular formula is C15H29F3N4O. The Morgan fingerprint density at radius 2 is 1.83 bits per heavy atom. The van der Waals surface area contributed by atoms with Crippen LogP contribution in [0.3, 0.4) is 0 Å². The molecule has 0 heterocycles. The van der Waals surface area contributed by atoms with E-state index in [-0.39, 0.29) is 18.0 Å². The minimum Gasteiger partial charge on any atom is -0.354 e. The van der Waals surface area contributed by atoms with Gasteiger partial charge in [-0.3, -0.25) is 9.79 Å². The van der Waals surface area contributed by atoms with Crippen molar-refractivity contribution in [3.05, 3.63) is 0 Å². The number of hydrogen-bond donors (Lipinski definition) is 2. The Bertz CT molecular complexity index is 403. The highest BCUT2D eigenvalue weighted by atomic mass is 19.4. The molecule has 0 aromatic rings. The van der Waals surface area contributed by atoms with E-state index < -0.39 is 18.6 Å². The zero-order chi connectivity index (χ0) is 18.3. The van der Waals surface area contributed by atoms with Crippen molar-refractivity contribution in [3.8, 4) is 0 Å². The molecule has 23 heavy (non-hydrogen) atoms. The van der Waals surface area contributed by atoms with Crippen molar-refractivity contribution in [1.82, 2.24) is 15.5 Å². The highest BCUT2D eigenvalue weighted by Crippen LogP contribution is 2.21. The predicted molar refractivity (Wildman–Crippen MR) is 86.3 cm³/mol. The van der Waals surface area contributed by atoms with Crippen LogP contribution in [0.4, 0.5) is 13.2 Å². The minimum absolute atomic E-state index is 0.142. The quantitative estimate of drug-likeness (QED) is 0.577. The van der Waals surface area contributed by atoms with Crippen LogP contribution in [0.1, 0.15) is 40.5 Å². The topological polar surface area (TPSA) is 56.7 Å². The summed E-state index contributed by atoms with van der Waals surface area (Å²) in [4.78, 5) is 16.3. The van der Waals surface area contributed by atoms with Gasteiger partial charge in [0.05, 0.1) is 6.54 Å². The molecule has 1 amide bonds. The standard InChI is InChI=1S/C15H29F3N4O/c1-11(7-8-14(2,3)4)21-13(19-5)20-9-12(23)22(6)10-15(16,17)18/h11H,7-10H2,1-6H3,(H2,19,20,21). The number of alkyl halides is 3. The van der Waals surface area contributed by atoms with E-state index in [0.29, 0.717) is 10.9 Å². The van der Waals surface area contributed by atoms with Gasteiger partial charge in [-0.05, 0) is 25.2 Å². The fraction of sp³-hybridized carbons (Fsp3) is 0.867. The Kier molecular flexibility index (Phi) is 8.41. The number of aliphatic imine (C=N–C) groups is 1. The van der Waals surface area contributed by atoms with Crippen molar-refractivity contribution in [2.24, 2.45) is 10.4 Å². The molecule has 0 fully saturated rings. The van der Waals surface area contributed by atoms with E-state index in [1.165, 1.54) is 0 Å². The lowest BCUT2D eigenvalue weighted by Crippen LogP contribution is -2.47. The molecule has 0 saturated heterocycles. The van der Waals surface area contributed by atoms with Crippen molar-refractivity contribution in [2.75, 3.05) is 27.2 Å². The molecule has 0 radical (unpaired) electrons. The summed E-state index contributed by atoms with van der Waals surface area (Å²) < 4.78 is 36.7. The molecule has 0 saturated carbocycles. The van der Waals surface area contributed by atoms with Gasteiger partial charge in [-0.2, -0.15) is 13.2 Å². The third-order valence-electron chi connectivity index (χ3n) is 3.18. The fourth-order valence-electron chi connectivity index (χ4n) is 1.80. The van der Waals surface area contributed by atoms with Gasteiger partial charge in [0.1, 0.15) is 6.54 Å². The molecule has 0 bridgehead atoms. The van der Waals surface area contributed by atoms with E-state index in [4.69, 9.17) is 0 Å². The van der Waals surface area contributed by atoms with Gasteiger partial charge in [-0.25, -0.2) is 0 Å². The largest absolute Gasteiger partial charge is 0.406 e. The van der Waals surface area contributed by atoms with E-state index in [9.17, 15) is 18.0 Å². The first kappa shape index (κ1) is 21.5. The molecule has 0 rings (SSSR count). The monoisotopic (exact) mass is 338 g/mol. The number of nitrogens with zero attached hydrogens (tertiary/aromatic N) is 2. The summed E-state index contributed by atoms with van der Waals surface area (Å²) in [7, 11) is 2.68. The molecule has 2 N–H and O–H groups in total. The van der Waals surface area contributed by atoms with Gasteiger partial charge in [-0.15, -0.1) is 0 Å². The number of guanidine groups is 1. The number of hydrogen-bond acceptors (Lipinski definition) is 2. The van der Waals surface area contributed by atoms with Crippen LogP contribution in [0.5, 0.6) is 0 Å². The van der Waals surface area contributed by atoms with Crippen LogP contribution in [0.25, 0.3) is 0 Å². The maximum atomic E-state index is 12.2. The average molecular weight is 338 g/mol. The lowest BCUT2D eigenvalue weighted by atomic mass is 9.89. The van der Waals surface area contributed by atoms with Crippen LogP contribution >= 0.6 is 0 Å². The molecule has 1 unspecified atom stereocenters. The van der Waals surface area contributed by atoms with E-state index in [1.807, 2.05) is 6.92 Å². The smallest absolute Gasteiger partial charge is 0.354 e. The second-order valence-electron chi connectivity index (χ2n) is 6.94. The second kappa shape index (κ2) is 8.98. The summed E-state index contributed by atoms with van der Waals surface area (Å²) in [6.07, 6.45) is -2.46. The number of amides is 1. The molecule has 0 aliphatic heterocycles. The van der Waals surface area contributed by atoms with Crippen LogP contribution in [-0.2, 0) is 4.79 Å². The summed E-state index contributed by atoms with van der Waals surface area (Å²) in [6, 6.07) is 0.142. The maximum Gasteiger partial charge on any atom is 0.406 e. The lowest BCUT2D eigenvalue weighted by Gasteiger charge is -2.23. The Balaban J connectivity index is 4.28. The van der Waals surface area contributed by atoms with Gasteiger partial charge in [0, 0.05) is 20.1 Å². The van der Waals surface area contributed by atoms with E-state index >= 15 is 0 Å². The van der Waals surface area contributed by atoms with Crippen LogP contribution in [0.15, 0.2) is 4.99 Å².